The van der Waals surface area contributed by atoms with Crippen molar-refractivity contribution in [3.05, 3.63) is 68.7 Å². The molecular formula is C24H22Cl2F6N2O3S. The van der Waals surface area contributed by atoms with Gasteiger partial charge in [0.2, 0.25) is 0 Å². The molecule has 2 aliphatic heterocycles. The third kappa shape index (κ3) is 6.40. The van der Waals surface area contributed by atoms with Crippen LogP contribution in [0, 0.1) is 0 Å². The molecule has 0 radical (unpaired) electrons. The Morgan fingerprint density at radius 3 is 1.95 bits per heavy atom. The maximum atomic E-state index is 13.3. The molecule has 2 heterocycles. The maximum Gasteiger partial charge on any atom is 0.416 e. The second-order valence-electron chi connectivity index (χ2n) is 9.37. The third-order valence-corrected chi connectivity index (χ3v) is 9.27. The van der Waals surface area contributed by atoms with Crippen molar-refractivity contribution < 1.29 is 39.6 Å². The second-order valence-corrected chi connectivity index (χ2v) is 12.5. The minimum atomic E-state index is -5.08. The highest BCUT2D eigenvalue weighted by atomic mass is 35.5. The normalized spacial score (nSPS) is 22.9. The molecule has 2 fully saturated rings. The van der Waals surface area contributed by atoms with Crippen LogP contribution < -0.4 is 0 Å². The smallest absolute Gasteiger partial charge is 0.338 e. The van der Waals surface area contributed by atoms with Crippen molar-refractivity contribution in [2.24, 2.45) is 0 Å². The highest BCUT2D eigenvalue weighted by Gasteiger charge is 2.41. The number of likely N-dealkylation sites (tertiary alicyclic amines) is 1. The van der Waals surface area contributed by atoms with E-state index in [1.165, 1.54) is 4.90 Å². The van der Waals surface area contributed by atoms with Gasteiger partial charge in [-0.1, -0.05) is 29.3 Å². The molecule has 38 heavy (non-hydrogen) atoms. The minimum absolute atomic E-state index is 0.0219. The Hall–Kier alpha value is -2.02. The number of hydrogen-bond donors (Lipinski definition) is 0. The molecule has 2 saturated heterocycles. The van der Waals surface area contributed by atoms with Gasteiger partial charge in [-0.3, -0.25) is 9.69 Å². The highest BCUT2D eigenvalue weighted by molar-refractivity contribution is 7.91. The summed E-state index contributed by atoms with van der Waals surface area (Å²) in [5.41, 5.74) is -3.19. The van der Waals surface area contributed by atoms with E-state index in [1.54, 1.807) is 18.2 Å². The summed E-state index contributed by atoms with van der Waals surface area (Å²) in [6.07, 6.45) is -9.84. The molecule has 2 aromatic rings. The Morgan fingerprint density at radius 1 is 0.842 bits per heavy atom. The van der Waals surface area contributed by atoms with Crippen LogP contribution in [-0.4, -0.2) is 67.9 Å². The van der Waals surface area contributed by atoms with Crippen molar-refractivity contribution in [3.63, 3.8) is 0 Å². The Labute approximate surface area is 225 Å². The highest BCUT2D eigenvalue weighted by Crippen LogP contribution is 2.38. The Kier molecular flexibility index (Phi) is 8.02. The first-order chi connectivity index (χ1) is 17.5. The van der Waals surface area contributed by atoms with Gasteiger partial charge in [0, 0.05) is 43.7 Å². The van der Waals surface area contributed by atoms with Gasteiger partial charge < -0.3 is 4.90 Å². The SMILES string of the molecule is O=C(c1cc(C(F)(F)F)cc(C(F)(F)F)c1)N1CC[C@H](N2CCS(=O)(=O)CC2)[C@H](c2ccc(Cl)c(Cl)c2)C1. The molecule has 0 aliphatic carbocycles. The number of piperidine rings is 1. The second kappa shape index (κ2) is 10.5. The summed E-state index contributed by atoms with van der Waals surface area (Å²) in [6, 6.07) is 5.43. The van der Waals surface area contributed by atoms with Gasteiger partial charge in [0.1, 0.15) is 0 Å². The van der Waals surface area contributed by atoms with Crippen molar-refractivity contribution in [1.82, 2.24) is 9.80 Å². The average molecular weight is 603 g/mol. The van der Waals surface area contributed by atoms with E-state index < -0.39 is 50.7 Å². The molecule has 0 aromatic heterocycles. The quantitative estimate of drug-likeness (QED) is 0.419. The fourth-order valence-electron chi connectivity index (χ4n) is 4.95. The van der Waals surface area contributed by atoms with Gasteiger partial charge in [-0.2, -0.15) is 26.3 Å². The number of benzene rings is 2. The van der Waals surface area contributed by atoms with E-state index in [9.17, 15) is 39.6 Å². The molecule has 14 heteroatoms. The van der Waals surface area contributed by atoms with Crippen molar-refractivity contribution in [2.45, 2.75) is 30.7 Å². The van der Waals surface area contributed by atoms with E-state index >= 15 is 0 Å². The molecule has 0 spiro atoms. The molecule has 2 aliphatic rings. The summed E-state index contributed by atoms with van der Waals surface area (Å²) < 4.78 is 104. The molecule has 1 amide bonds. The topological polar surface area (TPSA) is 57.7 Å². The van der Waals surface area contributed by atoms with E-state index in [1.807, 2.05) is 4.90 Å². The van der Waals surface area contributed by atoms with E-state index in [-0.39, 0.29) is 59.8 Å². The number of halogens is 8. The van der Waals surface area contributed by atoms with Crippen LogP contribution in [0.1, 0.15) is 39.4 Å². The van der Waals surface area contributed by atoms with Crippen molar-refractivity contribution in [3.8, 4) is 0 Å². The van der Waals surface area contributed by atoms with Gasteiger partial charge in [0.25, 0.3) is 5.91 Å². The van der Waals surface area contributed by atoms with Crippen molar-refractivity contribution in [2.75, 3.05) is 37.7 Å². The largest absolute Gasteiger partial charge is 0.416 e. The number of carbonyl (C=O) groups excluding carboxylic acids is 1. The Morgan fingerprint density at radius 2 is 1.42 bits per heavy atom. The van der Waals surface area contributed by atoms with E-state index in [4.69, 9.17) is 23.2 Å². The van der Waals surface area contributed by atoms with Crippen LogP contribution in [0.4, 0.5) is 26.3 Å². The van der Waals surface area contributed by atoms with Gasteiger partial charge in [-0.25, -0.2) is 8.42 Å². The fraction of sp³-hybridized carbons (Fsp3) is 0.458. The minimum Gasteiger partial charge on any atom is -0.338 e. The first-order valence-corrected chi connectivity index (χ1v) is 14.1. The number of sulfone groups is 1. The number of amides is 1. The lowest BCUT2D eigenvalue weighted by molar-refractivity contribution is -0.143. The summed E-state index contributed by atoms with van der Waals surface area (Å²) in [7, 11) is -3.17. The first-order valence-electron chi connectivity index (χ1n) is 11.5. The predicted octanol–water partition coefficient (Wildman–Crippen LogP) is 5.76. The summed E-state index contributed by atoms with van der Waals surface area (Å²) in [5, 5.41) is 0.517. The zero-order valence-electron chi connectivity index (χ0n) is 19.6. The summed E-state index contributed by atoms with van der Waals surface area (Å²) in [4.78, 5) is 16.5. The molecule has 208 valence electrons. The monoisotopic (exact) mass is 602 g/mol. The summed E-state index contributed by atoms with van der Waals surface area (Å²) in [6.45, 7) is 0.563. The maximum absolute atomic E-state index is 13.3. The van der Waals surface area contributed by atoms with Gasteiger partial charge in [0.15, 0.2) is 9.84 Å². The molecule has 0 saturated carbocycles. The molecule has 0 unspecified atom stereocenters. The van der Waals surface area contributed by atoms with Crippen molar-refractivity contribution >= 4 is 38.9 Å². The molecule has 5 nitrogen and oxygen atoms in total. The number of rotatable bonds is 3. The number of hydrogen-bond acceptors (Lipinski definition) is 4. The van der Waals surface area contributed by atoms with E-state index in [2.05, 4.69) is 0 Å². The van der Waals surface area contributed by atoms with Gasteiger partial charge in [0.05, 0.1) is 32.7 Å². The molecular weight excluding hydrogens is 581 g/mol. The lowest BCUT2D eigenvalue weighted by Gasteiger charge is -2.45. The van der Waals surface area contributed by atoms with Gasteiger partial charge in [-0.05, 0) is 42.3 Å². The standard InChI is InChI=1S/C24H22Cl2F6N2O3S/c25-19-2-1-14(11-20(19)26)18-13-34(4-3-21(18)33-5-7-38(36,37)8-6-33)22(35)15-9-16(23(27,28)29)12-17(10-15)24(30,31)32/h1-2,9-12,18,21H,3-8,13H2/t18-,21-/m0/s1. The lowest BCUT2D eigenvalue weighted by atomic mass is 9.84. The van der Waals surface area contributed by atoms with Crippen LogP contribution in [0.15, 0.2) is 36.4 Å². The number of alkyl halides is 6. The molecule has 0 bridgehead atoms. The number of carbonyl (C=O) groups is 1. The van der Waals surface area contributed by atoms with Gasteiger partial charge >= 0.3 is 12.4 Å². The predicted molar refractivity (Wildman–Crippen MR) is 130 cm³/mol. The third-order valence-electron chi connectivity index (χ3n) is 6.92. The Balaban J connectivity index is 1.67. The molecule has 2 aromatic carbocycles. The molecule has 0 N–H and O–H groups in total. The van der Waals surface area contributed by atoms with Crippen LogP contribution >= 0.6 is 23.2 Å². The van der Waals surface area contributed by atoms with Gasteiger partial charge in [-0.15, -0.1) is 0 Å². The fourth-order valence-corrected chi connectivity index (χ4v) is 6.49. The van der Waals surface area contributed by atoms with Crippen LogP contribution in [-0.2, 0) is 22.2 Å². The van der Waals surface area contributed by atoms with Crippen LogP contribution in [0.2, 0.25) is 10.0 Å². The van der Waals surface area contributed by atoms with Crippen LogP contribution in [0.5, 0.6) is 0 Å². The summed E-state index contributed by atoms with van der Waals surface area (Å²) >= 11 is 12.2. The van der Waals surface area contributed by atoms with Crippen LogP contribution in [0.3, 0.4) is 0 Å². The van der Waals surface area contributed by atoms with E-state index in [0.717, 1.165) is 0 Å². The van der Waals surface area contributed by atoms with E-state index in [0.29, 0.717) is 24.1 Å². The lowest BCUT2D eigenvalue weighted by Crippen LogP contribution is -2.54. The zero-order chi connectivity index (χ0) is 28.0. The van der Waals surface area contributed by atoms with Crippen molar-refractivity contribution in [1.29, 1.82) is 0 Å². The average Bonchev–Trinajstić information content (AvgIpc) is 2.83. The molecule has 2 atom stereocenters. The zero-order valence-corrected chi connectivity index (χ0v) is 21.9. The first kappa shape index (κ1) is 29.0. The van der Waals surface area contributed by atoms with Crippen LogP contribution in [0.25, 0.3) is 0 Å². The Bertz CT molecular complexity index is 1290. The molecule has 4 rings (SSSR count). The number of nitrogens with zero attached hydrogens (tertiary/aromatic N) is 2. The summed E-state index contributed by atoms with van der Waals surface area (Å²) in [5.74, 6) is -1.49.